The van der Waals surface area contributed by atoms with E-state index in [9.17, 15) is 0 Å². The van der Waals surface area contributed by atoms with Crippen molar-refractivity contribution < 1.29 is 0 Å². The van der Waals surface area contributed by atoms with E-state index >= 15 is 0 Å². The zero-order valence-electron chi connectivity index (χ0n) is 16.6. The predicted octanol–water partition coefficient (Wildman–Crippen LogP) is 6.68. The lowest BCUT2D eigenvalue weighted by Gasteiger charge is -2.14. The molecule has 3 nitrogen and oxygen atoms in total. The van der Waals surface area contributed by atoms with Gasteiger partial charge < -0.3 is 0 Å². The van der Waals surface area contributed by atoms with Gasteiger partial charge in [-0.15, -0.1) is 10.2 Å². The molecule has 0 unspecified atom stereocenters. The summed E-state index contributed by atoms with van der Waals surface area (Å²) in [5.74, 6) is 0.867. The SMILES string of the molecule is Cc1ccc2c(c1)c1c(-c3ccccc3)cccc1c1nnc(-c3ccccc3)n21. The monoisotopic (exact) mass is 385 g/mol. The van der Waals surface area contributed by atoms with E-state index in [-0.39, 0.29) is 0 Å². The zero-order chi connectivity index (χ0) is 20.1. The fourth-order valence-electron chi connectivity index (χ4n) is 4.39. The molecule has 3 heteroatoms. The van der Waals surface area contributed by atoms with Gasteiger partial charge >= 0.3 is 0 Å². The molecule has 2 aromatic heterocycles. The van der Waals surface area contributed by atoms with Gasteiger partial charge in [0.25, 0.3) is 0 Å². The van der Waals surface area contributed by atoms with Gasteiger partial charge in [-0.3, -0.25) is 4.40 Å². The third-order valence-electron chi connectivity index (χ3n) is 5.75. The molecule has 0 saturated carbocycles. The van der Waals surface area contributed by atoms with Crippen molar-refractivity contribution in [3.05, 3.63) is 103 Å². The van der Waals surface area contributed by atoms with Crippen molar-refractivity contribution in [1.29, 1.82) is 0 Å². The zero-order valence-corrected chi connectivity index (χ0v) is 16.6. The second-order valence-electron chi connectivity index (χ2n) is 7.66. The second kappa shape index (κ2) is 6.53. The summed E-state index contributed by atoms with van der Waals surface area (Å²) in [5, 5.41) is 12.8. The van der Waals surface area contributed by atoms with Gasteiger partial charge in [-0.05, 0) is 30.2 Å². The normalized spacial score (nSPS) is 11.5. The van der Waals surface area contributed by atoms with E-state index in [1.54, 1.807) is 0 Å². The number of nitrogens with zero attached hydrogens (tertiary/aromatic N) is 3. The Labute approximate surface area is 174 Å². The first-order valence-electron chi connectivity index (χ1n) is 10.1. The Morgan fingerprint density at radius 3 is 2.13 bits per heavy atom. The summed E-state index contributed by atoms with van der Waals surface area (Å²) in [6.45, 7) is 2.14. The number of aromatic nitrogens is 3. The first kappa shape index (κ1) is 16.9. The smallest absolute Gasteiger partial charge is 0.169 e. The molecule has 0 radical (unpaired) electrons. The first-order valence-corrected chi connectivity index (χ1v) is 10.1. The molecule has 0 fully saturated rings. The van der Waals surface area contributed by atoms with Crippen LogP contribution in [0.5, 0.6) is 0 Å². The van der Waals surface area contributed by atoms with Crippen molar-refractivity contribution in [2.45, 2.75) is 6.92 Å². The van der Waals surface area contributed by atoms with E-state index in [0.717, 1.165) is 27.9 Å². The Hall–Kier alpha value is -3.98. The van der Waals surface area contributed by atoms with Crippen LogP contribution < -0.4 is 0 Å². The highest BCUT2D eigenvalue weighted by atomic mass is 15.2. The third kappa shape index (κ3) is 2.45. The summed E-state index contributed by atoms with van der Waals surface area (Å²) >= 11 is 0. The van der Waals surface area contributed by atoms with E-state index in [0.29, 0.717) is 0 Å². The highest BCUT2D eigenvalue weighted by Crippen LogP contribution is 2.38. The number of fused-ring (bicyclic) bond motifs is 6. The Morgan fingerprint density at radius 2 is 1.37 bits per heavy atom. The lowest BCUT2D eigenvalue weighted by atomic mass is 9.95. The maximum Gasteiger partial charge on any atom is 0.169 e. The van der Waals surface area contributed by atoms with Crippen molar-refractivity contribution >= 4 is 27.3 Å². The number of rotatable bonds is 2. The first-order chi connectivity index (χ1) is 14.8. The van der Waals surface area contributed by atoms with Crippen LogP contribution in [0.3, 0.4) is 0 Å². The van der Waals surface area contributed by atoms with Gasteiger partial charge in [0.05, 0.1) is 5.52 Å². The molecule has 142 valence electrons. The number of benzene rings is 4. The molecule has 2 heterocycles. The largest absolute Gasteiger partial charge is 0.274 e. The summed E-state index contributed by atoms with van der Waals surface area (Å²) in [7, 11) is 0. The molecule has 4 aromatic carbocycles. The summed E-state index contributed by atoms with van der Waals surface area (Å²) in [6.07, 6.45) is 0. The van der Waals surface area contributed by atoms with Gasteiger partial charge in [-0.25, -0.2) is 0 Å². The van der Waals surface area contributed by atoms with Crippen molar-refractivity contribution in [3.8, 4) is 22.5 Å². The molecule has 0 N–H and O–H groups in total. The van der Waals surface area contributed by atoms with Gasteiger partial charge in [0.2, 0.25) is 0 Å². The third-order valence-corrected chi connectivity index (χ3v) is 5.75. The molecular formula is C27H19N3. The van der Waals surface area contributed by atoms with E-state index < -0.39 is 0 Å². The van der Waals surface area contributed by atoms with Crippen molar-refractivity contribution in [2.24, 2.45) is 0 Å². The van der Waals surface area contributed by atoms with Crippen molar-refractivity contribution in [2.75, 3.05) is 0 Å². The van der Waals surface area contributed by atoms with Crippen LogP contribution in [-0.2, 0) is 0 Å². The number of pyridine rings is 1. The molecule has 0 aliphatic carbocycles. The minimum Gasteiger partial charge on any atom is -0.274 e. The van der Waals surface area contributed by atoms with E-state index in [1.165, 1.54) is 27.5 Å². The predicted molar refractivity (Wildman–Crippen MR) is 124 cm³/mol. The highest BCUT2D eigenvalue weighted by molar-refractivity contribution is 6.18. The Balaban J connectivity index is 1.84. The number of aryl methyl sites for hydroxylation is 1. The van der Waals surface area contributed by atoms with Gasteiger partial charge in [-0.2, -0.15) is 0 Å². The lowest BCUT2D eigenvalue weighted by Crippen LogP contribution is -1.96. The number of hydrogen-bond donors (Lipinski definition) is 0. The maximum absolute atomic E-state index is 4.64. The van der Waals surface area contributed by atoms with Gasteiger partial charge in [-0.1, -0.05) is 90.5 Å². The van der Waals surface area contributed by atoms with Crippen LogP contribution in [-0.4, -0.2) is 14.6 Å². The standard InChI is InChI=1S/C27H19N3/c1-18-15-16-24-23(17-18)25-21(19-9-4-2-5-10-19)13-8-14-22(25)27-29-28-26(30(24)27)20-11-6-3-7-12-20/h2-17H,1H3. The summed E-state index contributed by atoms with van der Waals surface area (Å²) in [5.41, 5.74) is 6.73. The molecule has 0 aliphatic rings. The Kier molecular flexibility index (Phi) is 3.68. The Morgan fingerprint density at radius 1 is 0.633 bits per heavy atom. The fraction of sp³-hybridized carbons (Fsp3) is 0.0370. The highest BCUT2D eigenvalue weighted by Gasteiger charge is 2.18. The van der Waals surface area contributed by atoms with Crippen LogP contribution in [0.25, 0.3) is 49.8 Å². The molecule has 0 saturated heterocycles. The average Bonchev–Trinajstić information content (AvgIpc) is 3.25. The Bertz CT molecular complexity index is 1530. The molecule has 0 bridgehead atoms. The quantitative estimate of drug-likeness (QED) is 0.311. The van der Waals surface area contributed by atoms with Crippen molar-refractivity contribution in [3.63, 3.8) is 0 Å². The minimum atomic E-state index is 0.867. The van der Waals surface area contributed by atoms with Crippen LogP contribution in [0.2, 0.25) is 0 Å². The molecule has 0 spiro atoms. The van der Waals surface area contributed by atoms with Crippen LogP contribution in [0.1, 0.15) is 5.56 Å². The molecule has 30 heavy (non-hydrogen) atoms. The van der Waals surface area contributed by atoms with Crippen LogP contribution in [0.15, 0.2) is 97.1 Å². The molecule has 0 amide bonds. The summed E-state index contributed by atoms with van der Waals surface area (Å²) in [6, 6.07) is 33.9. The van der Waals surface area contributed by atoms with Crippen LogP contribution in [0.4, 0.5) is 0 Å². The van der Waals surface area contributed by atoms with E-state index in [4.69, 9.17) is 0 Å². The minimum absolute atomic E-state index is 0.867. The molecular weight excluding hydrogens is 366 g/mol. The molecule has 0 atom stereocenters. The molecule has 6 aromatic rings. The fourth-order valence-corrected chi connectivity index (χ4v) is 4.39. The van der Waals surface area contributed by atoms with Gasteiger partial charge in [0.15, 0.2) is 11.5 Å². The van der Waals surface area contributed by atoms with Crippen LogP contribution in [0, 0.1) is 6.92 Å². The molecule has 6 rings (SSSR count). The van der Waals surface area contributed by atoms with Crippen molar-refractivity contribution in [1.82, 2.24) is 14.6 Å². The topological polar surface area (TPSA) is 30.2 Å². The lowest BCUT2D eigenvalue weighted by molar-refractivity contribution is 1.12. The van der Waals surface area contributed by atoms with Gasteiger partial charge in [0, 0.05) is 21.7 Å². The van der Waals surface area contributed by atoms with Gasteiger partial charge in [0.1, 0.15) is 0 Å². The molecule has 0 aliphatic heterocycles. The number of hydrogen-bond acceptors (Lipinski definition) is 2. The summed E-state index contributed by atoms with van der Waals surface area (Å²) in [4.78, 5) is 0. The second-order valence-corrected chi connectivity index (χ2v) is 7.66. The van der Waals surface area contributed by atoms with E-state index in [1.807, 2.05) is 18.2 Å². The summed E-state index contributed by atoms with van der Waals surface area (Å²) < 4.78 is 2.20. The average molecular weight is 385 g/mol. The van der Waals surface area contributed by atoms with E-state index in [2.05, 4.69) is 100 Å². The van der Waals surface area contributed by atoms with Crippen LogP contribution >= 0.6 is 0 Å². The maximum atomic E-state index is 4.64.